The highest BCUT2D eigenvalue weighted by molar-refractivity contribution is 7.99. The number of aliphatic carboxylic acids is 1. The number of thioether (sulfide) groups is 1. The van der Waals surface area contributed by atoms with Crippen LogP contribution in [0.25, 0.3) is 0 Å². The molecule has 0 aromatic heterocycles. The molecule has 0 amide bonds. The molecule has 0 spiro atoms. The minimum absolute atomic E-state index is 0.441. The monoisotopic (exact) mass is 210 g/mol. The Morgan fingerprint density at radius 2 is 2.25 bits per heavy atom. The normalized spacial score (nSPS) is 15.5. The molecule has 5 heteroatoms. The van der Waals surface area contributed by atoms with Gasteiger partial charge in [0.15, 0.2) is 0 Å². The van der Waals surface area contributed by atoms with Crippen LogP contribution in [0.1, 0.15) is 13.3 Å². The first-order valence-electron chi connectivity index (χ1n) is 3.72. The van der Waals surface area contributed by atoms with Crippen LogP contribution in [0.15, 0.2) is 0 Å². The predicted octanol–water partition coefficient (Wildman–Crippen LogP) is 0.961. The van der Waals surface area contributed by atoms with E-state index in [-0.39, 0.29) is 0 Å². The maximum atomic E-state index is 11.3. The van der Waals surface area contributed by atoms with Crippen LogP contribution in [0.4, 0.5) is 0 Å². The van der Waals surface area contributed by atoms with Gasteiger partial charge in [-0.1, -0.05) is 6.92 Å². The molecule has 2 atom stereocenters. The van der Waals surface area contributed by atoms with E-state index in [1.165, 1.54) is 0 Å². The van der Waals surface area contributed by atoms with Gasteiger partial charge in [0.25, 0.3) is 0 Å². The van der Waals surface area contributed by atoms with E-state index in [0.717, 1.165) is 5.75 Å². The highest BCUT2D eigenvalue weighted by Crippen LogP contribution is 2.04. The first kappa shape index (κ1) is 12.0. The van der Waals surface area contributed by atoms with Crippen molar-refractivity contribution < 1.29 is 14.1 Å². The van der Waals surface area contributed by atoms with E-state index in [9.17, 15) is 9.00 Å². The maximum Gasteiger partial charge on any atom is 0.319 e. The van der Waals surface area contributed by atoms with Crippen LogP contribution in [0.5, 0.6) is 0 Å². The molecule has 0 aromatic carbocycles. The van der Waals surface area contributed by atoms with Crippen LogP contribution < -0.4 is 0 Å². The van der Waals surface area contributed by atoms with E-state index < -0.39 is 22.0 Å². The van der Waals surface area contributed by atoms with E-state index in [4.69, 9.17) is 5.11 Å². The Morgan fingerprint density at radius 3 is 2.58 bits per heavy atom. The van der Waals surface area contributed by atoms with Crippen LogP contribution in [0.2, 0.25) is 0 Å². The molecule has 0 heterocycles. The van der Waals surface area contributed by atoms with Crippen molar-refractivity contribution in [3.63, 3.8) is 0 Å². The largest absolute Gasteiger partial charge is 0.480 e. The summed E-state index contributed by atoms with van der Waals surface area (Å²) >= 11 is 1.58. The molecule has 2 unspecified atom stereocenters. The van der Waals surface area contributed by atoms with Gasteiger partial charge in [0.1, 0.15) is 5.25 Å². The summed E-state index contributed by atoms with van der Waals surface area (Å²) in [5.41, 5.74) is 0. The third-order valence-electron chi connectivity index (χ3n) is 1.45. The van der Waals surface area contributed by atoms with Crippen molar-refractivity contribution in [1.29, 1.82) is 0 Å². The van der Waals surface area contributed by atoms with E-state index in [2.05, 4.69) is 0 Å². The Labute approximate surface area is 79.4 Å². The van der Waals surface area contributed by atoms with Crippen molar-refractivity contribution in [2.24, 2.45) is 0 Å². The maximum absolute atomic E-state index is 11.3. The highest BCUT2D eigenvalue weighted by atomic mass is 32.2. The van der Waals surface area contributed by atoms with Crippen LogP contribution >= 0.6 is 11.8 Å². The SMILES string of the molecule is CCC(C(=O)O)S(=O)CCSC. The average Bonchev–Trinajstić information content (AvgIpc) is 2.01. The van der Waals surface area contributed by atoms with Gasteiger partial charge in [0, 0.05) is 22.3 Å². The van der Waals surface area contributed by atoms with Gasteiger partial charge in [-0.2, -0.15) is 11.8 Å². The van der Waals surface area contributed by atoms with E-state index in [1.807, 2.05) is 6.26 Å². The average molecular weight is 210 g/mol. The fraction of sp³-hybridized carbons (Fsp3) is 0.857. The zero-order chi connectivity index (χ0) is 9.56. The van der Waals surface area contributed by atoms with Crippen molar-refractivity contribution in [2.45, 2.75) is 18.6 Å². The van der Waals surface area contributed by atoms with Gasteiger partial charge in [-0.15, -0.1) is 0 Å². The number of rotatable bonds is 6. The topological polar surface area (TPSA) is 54.4 Å². The smallest absolute Gasteiger partial charge is 0.319 e. The van der Waals surface area contributed by atoms with Crippen LogP contribution in [-0.2, 0) is 15.6 Å². The summed E-state index contributed by atoms with van der Waals surface area (Å²) in [5.74, 6) is 0.291. The summed E-state index contributed by atoms with van der Waals surface area (Å²) < 4.78 is 11.3. The third kappa shape index (κ3) is 4.11. The molecule has 0 saturated heterocycles. The molecule has 0 aliphatic carbocycles. The van der Waals surface area contributed by atoms with Crippen molar-refractivity contribution >= 4 is 28.5 Å². The van der Waals surface area contributed by atoms with Gasteiger partial charge in [-0.25, -0.2) is 0 Å². The molecular weight excluding hydrogens is 196 g/mol. The lowest BCUT2D eigenvalue weighted by atomic mass is 10.3. The summed E-state index contributed by atoms with van der Waals surface area (Å²) in [6.45, 7) is 1.75. The summed E-state index contributed by atoms with van der Waals surface area (Å²) in [6, 6.07) is 0. The van der Waals surface area contributed by atoms with Crippen LogP contribution in [-0.4, -0.2) is 38.3 Å². The van der Waals surface area contributed by atoms with Crippen molar-refractivity contribution in [2.75, 3.05) is 17.8 Å². The summed E-state index contributed by atoms with van der Waals surface area (Å²) in [7, 11) is -1.21. The number of hydrogen-bond acceptors (Lipinski definition) is 3. The Bertz CT molecular complexity index is 170. The number of carboxylic acid groups (broad SMARTS) is 1. The van der Waals surface area contributed by atoms with Gasteiger partial charge in [-0.3, -0.25) is 9.00 Å². The van der Waals surface area contributed by atoms with Crippen molar-refractivity contribution in [3.05, 3.63) is 0 Å². The van der Waals surface area contributed by atoms with Gasteiger partial charge in [0.2, 0.25) is 0 Å². The van der Waals surface area contributed by atoms with Gasteiger partial charge >= 0.3 is 5.97 Å². The second-order valence-corrected chi connectivity index (χ2v) is 5.04. The molecule has 0 aromatic rings. The number of carboxylic acids is 1. The van der Waals surface area contributed by atoms with Gasteiger partial charge < -0.3 is 5.11 Å². The summed E-state index contributed by atoms with van der Waals surface area (Å²) in [6.07, 6.45) is 2.36. The Hall–Kier alpha value is -0.0300. The van der Waals surface area contributed by atoms with E-state index >= 15 is 0 Å². The standard InChI is InChI=1S/C7H14O3S2/c1-3-6(7(8)9)12(10)5-4-11-2/h6H,3-5H2,1-2H3,(H,8,9). The molecule has 0 rings (SSSR count). The molecule has 0 fully saturated rings. The number of carbonyl (C=O) groups is 1. The van der Waals surface area contributed by atoms with Crippen molar-refractivity contribution in [1.82, 2.24) is 0 Å². The Morgan fingerprint density at radius 1 is 1.67 bits per heavy atom. The minimum atomic E-state index is -1.21. The highest BCUT2D eigenvalue weighted by Gasteiger charge is 2.21. The zero-order valence-electron chi connectivity index (χ0n) is 7.28. The quantitative estimate of drug-likeness (QED) is 0.709. The Balaban J connectivity index is 3.95. The first-order chi connectivity index (χ1) is 5.63. The zero-order valence-corrected chi connectivity index (χ0v) is 8.91. The second kappa shape index (κ2) is 6.48. The molecule has 72 valence electrons. The lowest BCUT2D eigenvalue weighted by Gasteiger charge is -2.08. The molecule has 12 heavy (non-hydrogen) atoms. The van der Waals surface area contributed by atoms with Crippen LogP contribution in [0.3, 0.4) is 0 Å². The molecule has 0 aliphatic rings. The van der Waals surface area contributed by atoms with E-state index in [1.54, 1.807) is 18.7 Å². The molecule has 3 nitrogen and oxygen atoms in total. The Kier molecular flexibility index (Phi) is 6.47. The second-order valence-electron chi connectivity index (χ2n) is 2.31. The lowest BCUT2D eigenvalue weighted by molar-refractivity contribution is -0.136. The molecule has 0 saturated carbocycles. The summed E-state index contributed by atoms with van der Waals surface area (Å²) in [5, 5.41) is 7.96. The minimum Gasteiger partial charge on any atom is -0.480 e. The number of hydrogen-bond donors (Lipinski definition) is 1. The third-order valence-corrected chi connectivity index (χ3v) is 4.10. The first-order valence-corrected chi connectivity index (χ1v) is 6.50. The van der Waals surface area contributed by atoms with E-state index in [0.29, 0.717) is 12.2 Å². The van der Waals surface area contributed by atoms with Gasteiger partial charge in [-0.05, 0) is 12.7 Å². The fourth-order valence-electron chi connectivity index (χ4n) is 0.781. The van der Waals surface area contributed by atoms with Crippen LogP contribution in [0, 0.1) is 0 Å². The summed E-state index contributed by atoms with van der Waals surface area (Å²) in [4.78, 5) is 10.5. The molecular formula is C7H14O3S2. The fourth-order valence-corrected chi connectivity index (χ4v) is 2.99. The molecule has 1 N–H and O–H groups in total. The molecule has 0 bridgehead atoms. The molecule has 0 radical (unpaired) electrons. The lowest BCUT2D eigenvalue weighted by Crippen LogP contribution is -2.27. The predicted molar refractivity (Wildman–Crippen MR) is 53.1 cm³/mol. The van der Waals surface area contributed by atoms with Crippen molar-refractivity contribution in [3.8, 4) is 0 Å². The molecule has 0 aliphatic heterocycles. The van der Waals surface area contributed by atoms with Gasteiger partial charge in [0.05, 0.1) is 0 Å².